The van der Waals surface area contributed by atoms with E-state index in [0.29, 0.717) is 0 Å². The molecule has 2 aromatic rings. The molecule has 0 radical (unpaired) electrons. The molecule has 0 saturated heterocycles. The van der Waals surface area contributed by atoms with Crippen molar-refractivity contribution in [2.45, 2.75) is 12.8 Å². The van der Waals surface area contributed by atoms with E-state index in [1.54, 1.807) is 6.08 Å². The minimum atomic E-state index is 0.274. The minimum Gasteiger partial charge on any atom is -0.503 e. The lowest BCUT2D eigenvalue weighted by atomic mass is 10.2. The molecule has 3 heteroatoms. The molecule has 120 valence electrons. The predicted molar refractivity (Wildman–Crippen MR) is 98.3 cm³/mol. The molecule has 2 aliphatic heterocycles. The molecule has 0 aliphatic carbocycles. The van der Waals surface area contributed by atoms with Crippen LogP contribution < -0.4 is 4.90 Å². The summed E-state index contributed by atoms with van der Waals surface area (Å²) in [5, 5.41) is 10.2. The van der Waals surface area contributed by atoms with Gasteiger partial charge in [0.1, 0.15) is 0 Å². The standard InChI is InChI=1S/C21H20N2O/c24-19(16-23-15-12-18-7-2-4-10-21(18)23)8-5-13-22-14-11-17-6-1-3-9-20(17)22/h1-10,13,16H,11-12,14-15H2/p+1. The summed E-state index contributed by atoms with van der Waals surface area (Å²) in [5.74, 6) is 0.274. The van der Waals surface area contributed by atoms with Gasteiger partial charge in [-0.2, -0.15) is 4.58 Å². The van der Waals surface area contributed by atoms with Gasteiger partial charge in [0.15, 0.2) is 12.3 Å². The van der Waals surface area contributed by atoms with Crippen molar-refractivity contribution >= 4 is 17.6 Å². The highest BCUT2D eigenvalue weighted by molar-refractivity contribution is 5.73. The quantitative estimate of drug-likeness (QED) is 0.526. The number of nitrogens with zero attached hydrogens (tertiary/aromatic N) is 2. The van der Waals surface area contributed by atoms with Crippen molar-refractivity contribution in [3.8, 4) is 0 Å². The summed E-state index contributed by atoms with van der Waals surface area (Å²) in [5.41, 5.74) is 5.18. The Labute approximate surface area is 142 Å². The Morgan fingerprint density at radius 3 is 2.71 bits per heavy atom. The first-order valence-electron chi connectivity index (χ1n) is 8.43. The summed E-state index contributed by atoms with van der Waals surface area (Å²) in [4.78, 5) is 2.23. The van der Waals surface area contributed by atoms with E-state index in [-0.39, 0.29) is 5.76 Å². The highest BCUT2D eigenvalue weighted by Gasteiger charge is 2.22. The summed E-state index contributed by atoms with van der Waals surface area (Å²) < 4.78 is 2.11. The zero-order chi connectivity index (χ0) is 16.4. The summed E-state index contributed by atoms with van der Waals surface area (Å²) >= 11 is 0. The van der Waals surface area contributed by atoms with Crippen LogP contribution in [0.2, 0.25) is 0 Å². The molecule has 0 spiro atoms. The third-order valence-corrected chi connectivity index (χ3v) is 4.67. The summed E-state index contributed by atoms with van der Waals surface area (Å²) in [7, 11) is 0. The zero-order valence-corrected chi connectivity index (χ0v) is 13.6. The first kappa shape index (κ1) is 14.8. The maximum absolute atomic E-state index is 10.2. The number of hydrogen-bond acceptors (Lipinski definition) is 2. The van der Waals surface area contributed by atoms with Crippen LogP contribution in [0.5, 0.6) is 0 Å². The number of rotatable bonds is 3. The Balaban J connectivity index is 1.48. The van der Waals surface area contributed by atoms with Crippen molar-refractivity contribution in [2.24, 2.45) is 0 Å². The Hall–Kier alpha value is -2.81. The Kier molecular flexibility index (Phi) is 3.91. The van der Waals surface area contributed by atoms with Crippen molar-refractivity contribution < 1.29 is 9.68 Å². The van der Waals surface area contributed by atoms with Crippen LogP contribution in [0.25, 0.3) is 0 Å². The molecule has 0 aromatic heterocycles. The maximum atomic E-state index is 10.2. The van der Waals surface area contributed by atoms with E-state index in [9.17, 15) is 5.11 Å². The molecular formula is C21H21N2O+. The highest BCUT2D eigenvalue weighted by atomic mass is 16.3. The van der Waals surface area contributed by atoms with Gasteiger partial charge < -0.3 is 10.0 Å². The van der Waals surface area contributed by atoms with E-state index >= 15 is 0 Å². The van der Waals surface area contributed by atoms with Gasteiger partial charge in [-0.05, 0) is 30.2 Å². The van der Waals surface area contributed by atoms with Crippen LogP contribution in [0, 0.1) is 0 Å². The number of aliphatic hydroxyl groups excluding tert-OH is 1. The maximum Gasteiger partial charge on any atom is 0.211 e. The normalized spacial score (nSPS) is 18.4. The van der Waals surface area contributed by atoms with Crippen molar-refractivity contribution in [1.29, 1.82) is 0 Å². The number of fused-ring (bicyclic) bond motifs is 2. The molecule has 0 unspecified atom stereocenters. The molecule has 3 nitrogen and oxygen atoms in total. The van der Waals surface area contributed by atoms with E-state index in [0.717, 1.165) is 25.9 Å². The summed E-state index contributed by atoms with van der Waals surface area (Å²) in [6, 6.07) is 16.8. The molecule has 2 aliphatic rings. The van der Waals surface area contributed by atoms with Gasteiger partial charge in [0.25, 0.3) is 0 Å². The first-order chi connectivity index (χ1) is 11.8. The van der Waals surface area contributed by atoms with Crippen LogP contribution in [-0.2, 0) is 12.8 Å². The number of anilines is 1. The van der Waals surface area contributed by atoms with E-state index in [1.165, 1.54) is 22.5 Å². The SMILES string of the molecule is O/C(C=[N+]1CCc2ccccc21)=C\C=C\N1CCc2ccccc21. The molecule has 0 fully saturated rings. The molecule has 2 aromatic carbocycles. The van der Waals surface area contributed by atoms with Gasteiger partial charge >= 0.3 is 0 Å². The Morgan fingerprint density at radius 2 is 1.79 bits per heavy atom. The molecule has 24 heavy (non-hydrogen) atoms. The monoisotopic (exact) mass is 317 g/mol. The smallest absolute Gasteiger partial charge is 0.211 e. The molecule has 2 heterocycles. The largest absolute Gasteiger partial charge is 0.503 e. The van der Waals surface area contributed by atoms with Crippen molar-refractivity contribution in [3.63, 3.8) is 0 Å². The van der Waals surface area contributed by atoms with Crippen molar-refractivity contribution in [3.05, 3.63) is 83.8 Å². The van der Waals surface area contributed by atoms with Crippen LogP contribution in [0.4, 0.5) is 11.4 Å². The van der Waals surface area contributed by atoms with Crippen LogP contribution >= 0.6 is 0 Å². The number of benzene rings is 2. The van der Waals surface area contributed by atoms with Gasteiger partial charge in [0.2, 0.25) is 11.9 Å². The predicted octanol–water partition coefficient (Wildman–Crippen LogP) is 3.98. The number of para-hydroxylation sites is 2. The topological polar surface area (TPSA) is 26.5 Å². The second-order valence-corrected chi connectivity index (χ2v) is 6.21. The third-order valence-electron chi connectivity index (χ3n) is 4.67. The molecule has 0 atom stereocenters. The Morgan fingerprint density at radius 1 is 1.00 bits per heavy atom. The van der Waals surface area contributed by atoms with Crippen LogP contribution in [0.3, 0.4) is 0 Å². The summed E-state index contributed by atoms with van der Waals surface area (Å²) in [6.45, 7) is 1.91. The highest BCUT2D eigenvalue weighted by Crippen LogP contribution is 2.27. The average molecular weight is 317 g/mol. The second-order valence-electron chi connectivity index (χ2n) is 6.21. The molecular weight excluding hydrogens is 296 g/mol. The minimum absolute atomic E-state index is 0.274. The van der Waals surface area contributed by atoms with Crippen molar-refractivity contribution in [1.82, 2.24) is 0 Å². The van der Waals surface area contributed by atoms with E-state index in [4.69, 9.17) is 0 Å². The second kappa shape index (κ2) is 6.36. The van der Waals surface area contributed by atoms with Crippen LogP contribution in [0.1, 0.15) is 11.1 Å². The fourth-order valence-electron chi connectivity index (χ4n) is 3.46. The molecule has 4 rings (SSSR count). The van der Waals surface area contributed by atoms with Crippen LogP contribution in [0.15, 0.2) is 72.6 Å². The lowest BCUT2D eigenvalue weighted by Gasteiger charge is -2.12. The zero-order valence-electron chi connectivity index (χ0n) is 13.6. The number of allylic oxidation sites excluding steroid dienone is 3. The van der Waals surface area contributed by atoms with Gasteiger partial charge in [-0.1, -0.05) is 36.4 Å². The number of aliphatic hydroxyl groups is 1. The van der Waals surface area contributed by atoms with Gasteiger partial charge in [0, 0.05) is 36.5 Å². The van der Waals surface area contributed by atoms with Gasteiger partial charge in [-0.15, -0.1) is 0 Å². The van der Waals surface area contributed by atoms with Crippen molar-refractivity contribution in [2.75, 3.05) is 18.0 Å². The van der Waals surface area contributed by atoms with Gasteiger partial charge in [0.05, 0.1) is 0 Å². The lowest BCUT2D eigenvalue weighted by Crippen LogP contribution is -2.11. The van der Waals surface area contributed by atoms with E-state index in [2.05, 4.69) is 51.9 Å². The molecule has 1 N–H and O–H groups in total. The first-order valence-corrected chi connectivity index (χ1v) is 8.43. The molecule has 0 amide bonds. The van der Waals surface area contributed by atoms with Gasteiger partial charge in [-0.3, -0.25) is 0 Å². The van der Waals surface area contributed by atoms with E-state index < -0.39 is 0 Å². The molecule has 0 bridgehead atoms. The summed E-state index contributed by atoms with van der Waals surface area (Å²) in [6.07, 6.45) is 9.62. The number of hydrogen-bond donors (Lipinski definition) is 1. The fraction of sp³-hybridized carbons (Fsp3) is 0.190. The van der Waals surface area contributed by atoms with Crippen LogP contribution in [-0.4, -0.2) is 29.0 Å². The Bertz CT molecular complexity index is 848. The average Bonchev–Trinajstić information content (AvgIpc) is 3.20. The van der Waals surface area contributed by atoms with Gasteiger partial charge in [-0.25, -0.2) is 0 Å². The fourth-order valence-corrected chi connectivity index (χ4v) is 3.46. The van der Waals surface area contributed by atoms with E-state index in [1.807, 2.05) is 24.6 Å². The molecule has 0 saturated carbocycles. The lowest BCUT2D eigenvalue weighted by molar-refractivity contribution is -0.424. The third kappa shape index (κ3) is 2.85.